The molecule has 0 radical (unpaired) electrons. The minimum Gasteiger partial charge on any atom is -0.462 e. The molecule has 0 atom stereocenters. The van der Waals surface area contributed by atoms with Gasteiger partial charge in [0.2, 0.25) is 11.7 Å². The summed E-state index contributed by atoms with van der Waals surface area (Å²) < 4.78 is 10.2. The van der Waals surface area contributed by atoms with Crippen molar-refractivity contribution < 1.29 is 14.1 Å². The average molecular weight is 451 g/mol. The number of hydrogen-bond donors (Lipinski definition) is 2. The first-order valence-corrected chi connectivity index (χ1v) is 9.72. The number of aromatic nitrogens is 2. The van der Waals surface area contributed by atoms with Gasteiger partial charge in [0.25, 0.3) is 0 Å². The van der Waals surface area contributed by atoms with E-state index in [0.29, 0.717) is 27.5 Å². The van der Waals surface area contributed by atoms with Gasteiger partial charge in [-0.15, -0.1) is 0 Å². The van der Waals surface area contributed by atoms with Crippen molar-refractivity contribution in [3.63, 3.8) is 0 Å². The number of rotatable bonds is 6. The number of ether oxygens (including phenoxy) is 1. The fourth-order valence-corrected chi connectivity index (χ4v) is 3.01. The molecule has 0 saturated heterocycles. The smallest absolute Gasteiger partial charge is 0.339 e. The zero-order valence-electron chi connectivity index (χ0n) is 15.2. The third-order valence-electron chi connectivity index (χ3n) is 3.67. The van der Waals surface area contributed by atoms with Crippen molar-refractivity contribution in [1.29, 1.82) is 0 Å². The van der Waals surface area contributed by atoms with Crippen LogP contribution in [0.3, 0.4) is 0 Å². The zero-order chi connectivity index (χ0) is 20.8. The number of carbonyl (C=O) groups is 1. The molecule has 0 saturated carbocycles. The van der Waals surface area contributed by atoms with Crippen molar-refractivity contribution >= 4 is 52.2 Å². The second-order valence-electron chi connectivity index (χ2n) is 5.74. The predicted molar refractivity (Wildman–Crippen MR) is 115 cm³/mol. The lowest BCUT2D eigenvalue weighted by atomic mass is 10.2. The molecule has 0 aliphatic heterocycles. The van der Waals surface area contributed by atoms with Gasteiger partial charge in [0.15, 0.2) is 5.11 Å². The molecule has 0 aliphatic carbocycles. The fraction of sp³-hybridized carbons (Fsp3) is 0.158. The van der Waals surface area contributed by atoms with Crippen molar-refractivity contribution in [2.75, 3.05) is 11.9 Å². The Bertz CT molecular complexity index is 1040. The second-order valence-corrected chi connectivity index (χ2v) is 7.00. The van der Waals surface area contributed by atoms with Crippen molar-refractivity contribution in [3.8, 4) is 11.4 Å². The molecule has 10 heteroatoms. The first-order valence-electron chi connectivity index (χ1n) is 8.56. The summed E-state index contributed by atoms with van der Waals surface area (Å²) >= 11 is 17.4. The Hall–Kier alpha value is -2.68. The van der Waals surface area contributed by atoms with Gasteiger partial charge in [-0.05, 0) is 49.5 Å². The van der Waals surface area contributed by atoms with Crippen molar-refractivity contribution in [2.45, 2.75) is 13.5 Å². The van der Waals surface area contributed by atoms with E-state index in [1.807, 2.05) is 12.1 Å². The summed E-state index contributed by atoms with van der Waals surface area (Å²) in [6.45, 7) is 2.24. The number of nitrogens with one attached hydrogen (secondary N) is 2. The van der Waals surface area contributed by atoms with Crippen molar-refractivity contribution in [3.05, 3.63) is 64.0 Å². The molecule has 3 aromatic rings. The van der Waals surface area contributed by atoms with Crippen LogP contribution in [0, 0.1) is 0 Å². The van der Waals surface area contributed by atoms with E-state index in [4.69, 9.17) is 44.7 Å². The molecule has 3 rings (SSSR count). The van der Waals surface area contributed by atoms with E-state index in [1.165, 1.54) is 0 Å². The lowest BCUT2D eigenvalue weighted by molar-refractivity contribution is 0.0526. The van der Waals surface area contributed by atoms with Crippen LogP contribution in [0.5, 0.6) is 0 Å². The van der Waals surface area contributed by atoms with Gasteiger partial charge in [0.1, 0.15) is 0 Å². The van der Waals surface area contributed by atoms with Crippen LogP contribution < -0.4 is 10.6 Å². The minimum absolute atomic E-state index is 0.230. The minimum atomic E-state index is -0.475. The molecule has 29 heavy (non-hydrogen) atoms. The largest absolute Gasteiger partial charge is 0.462 e. The topological polar surface area (TPSA) is 89.3 Å². The van der Waals surface area contributed by atoms with Crippen LogP contribution in [0.15, 0.2) is 47.0 Å². The molecule has 2 N–H and O–H groups in total. The van der Waals surface area contributed by atoms with E-state index in [9.17, 15) is 4.79 Å². The molecular formula is C19H16Cl2N4O3S. The SMILES string of the molecule is CCOC(=O)c1ccc(NC(=S)NCc2nc(-c3cccc(Cl)c3)no2)cc1Cl. The summed E-state index contributed by atoms with van der Waals surface area (Å²) in [7, 11) is 0. The lowest BCUT2D eigenvalue weighted by Gasteiger charge is -2.10. The van der Waals surface area contributed by atoms with Gasteiger partial charge in [0, 0.05) is 16.3 Å². The van der Waals surface area contributed by atoms with Crippen molar-refractivity contribution in [2.24, 2.45) is 0 Å². The van der Waals surface area contributed by atoms with E-state index < -0.39 is 5.97 Å². The number of benzene rings is 2. The maximum atomic E-state index is 11.8. The van der Waals surface area contributed by atoms with Crippen LogP contribution in [0.25, 0.3) is 11.4 Å². The van der Waals surface area contributed by atoms with Gasteiger partial charge in [0.05, 0.1) is 23.7 Å². The van der Waals surface area contributed by atoms with Crippen LogP contribution in [0.1, 0.15) is 23.2 Å². The van der Waals surface area contributed by atoms with Crippen LogP contribution >= 0.6 is 35.4 Å². The lowest BCUT2D eigenvalue weighted by Crippen LogP contribution is -2.28. The Morgan fingerprint density at radius 3 is 2.79 bits per heavy atom. The number of halogens is 2. The quantitative estimate of drug-likeness (QED) is 0.412. The maximum Gasteiger partial charge on any atom is 0.339 e. The van der Waals surface area contributed by atoms with Gasteiger partial charge in [-0.3, -0.25) is 0 Å². The summed E-state index contributed by atoms with van der Waals surface area (Å²) in [4.78, 5) is 16.1. The summed E-state index contributed by atoms with van der Waals surface area (Å²) in [6.07, 6.45) is 0. The zero-order valence-corrected chi connectivity index (χ0v) is 17.6. The highest BCUT2D eigenvalue weighted by atomic mass is 35.5. The van der Waals surface area contributed by atoms with E-state index in [1.54, 1.807) is 37.3 Å². The Balaban J connectivity index is 1.56. The third kappa shape index (κ3) is 5.66. The normalized spacial score (nSPS) is 10.4. The number of carbonyl (C=O) groups excluding carboxylic acids is 1. The fourth-order valence-electron chi connectivity index (χ4n) is 2.37. The molecule has 0 aliphatic rings. The highest BCUT2D eigenvalue weighted by Crippen LogP contribution is 2.22. The molecule has 150 valence electrons. The van der Waals surface area contributed by atoms with Gasteiger partial charge >= 0.3 is 5.97 Å². The average Bonchev–Trinajstić information content (AvgIpc) is 3.16. The highest BCUT2D eigenvalue weighted by Gasteiger charge is 2.13. The highest BCUT2D eigenvalue weighted by molar-refractivity contribution is 7.80. The van der Waals surface area contributed by atoms with Crippen LogP contribution in [0.4, 0.5) is 5.69 Å². The number of hydrogen-bond acceptors (Lipinski definition) is 6. The Kier molecular flexibility index (Phi) is 7.03. The van der Waals surface area contributed by atoms with Gasteiger partial charge in [-0.2, -0.15) is 4.98 Å². The molecule has 0 unspecified atom stereocenters. The third-order valence-corrected chi connectivity index (χ3v) is 4.47. The monoisotopic (exact) mass is 450 g/mol. The summed E-state index contributed by atoms with van der Waals surface area (Å²) in [6, 6.07) is 12.0. The number of esters is 1. The Morgan fingerprint density at radius 1 is 1.24 bits per heavy atom. The predicted octanol–water partition coefficient (Wildman–Crippen LogP) is 4.71. The van der Waals surface area contributed by atoms with E-state index in [2.05, 4.69) is 20.8 Å². The molecule has 2 aromatic carbocycles. The number of nitrogens with zero attached hydrogens (tertiary/aromatic N) is 2. The number of anilines is 1. The molecule has 0 amide bonds. The van der Waals surface area contributed by atoms with Crippen molar-refractivity contribution in [1.82, 2.24) is 15.5 Å². The first-order chi connectivity index (χ1) is 14.0. The summed E-state index contributed by atoms with van der Waals surface area (Å²) in [5.41, 5.74) is 1.66. The second kappa shape index (κ2) is 9.69. The molecule has 0 bridgehead atoms. The summed E-state index contributed by atoms with van der Waals surface area (Å²) in [5.74, 6) is 0.320. The van der Waals surface area contributed by atoms with E-state index in [-0.39, 0.29) is 23.7 Å². The molecule has 7 nitrogen and oxygen atoms in total. The standard InChI is InChI=1S/C19H16Cl2N4O3S/c1-2-27-18(26)14-7-6-13(9-15(14)21)23-19(29)22-10-16-24-17(25-28-16)11-4-3-5-12(20)8-11/h3-9H,2,10H2,1H3,(H2,22,23,29). The van der Waals surface area contributed by atoms with Crippen LogP contribution in [-0.4, -0.2) is 27.8 Å². The van der Waals surface area contributed by atoms with E-state index in [0.717, 1.165) is 5.56 Å². The van der Waals surface area contributed by atoms with Crippen LogP contribution in [0.2, 0.25) is 10.0 Å². The molecule has 0 fully saturated rings. The first kappa shape index (κ1) is 21.0. The Labute approximate surface area is 182 Å². The van der Waals surface area contributed by atoms with E-state index >= 15 is 0 Å². The Morgan fingerprint density at radius 2 is 2.07 bits per heavy atom. The molecule has 0 spiro atoms. The van der Waals surface area contributed by atoms with Gasteiger partial charge in [-0.25, -0.2) is 4.79 Å². The van der Waals surface area contributed by atoms with Crippen LogP contribution in [-0.2, 0) is 11.3 Å². The van der Waals surface area contributed by atoms with Gasteiger partial charge < -0.3 is 19.9 Å². The molecule has 1 aromatic heterocycles. The molecule has 1 heterocycles. The summed E-state index contributed by atoms with van der Waals surface area (Å²) in [5, 5.41) is 11.0. The maximum absolute atomic E-state index is 11.8. The van der Waals surface area contributed by atoms with Gasteiger partial charge in [-0.1, -0.05) is 40.5 Å². The number of thiocarbonyl (C=S) groups is 1. The molecular weight excluding hydrogens is 435 g/mol.